The van der Waals surface area contributed by atoms with Crippen molar-refractivity contribution in [1.29, 1.82) is 0 Å². The van der Waals surface area contributed by atoms with Gasteiger partial charge in [0, 0.05) is 5.88 Å². The molecule has 12 heavy (non-hydrogen) atoms. The highest BCUT2D eigenvalue weighted by molar-refractivity contribution is 6.17. The molecule has 0 fully saturated rings. The van der Waals surface area contributed by atoms with E-state index in [0.29, 0.717) is 5.88 Å². The zero-order valence-corrected chi connectivity index (χ0v) is 7.33. The second kappa shape index (κ2) is 4.78. The molecule has 0 radical (unpaired) electrons. The predicted octanol–water partition coefficient (Wildman–Crippen LogP) is 2.43. The molecule has 2 nitrogen and oxygen atoms in total. The maximum Gasteiger partial charge on any atom is 0.133 e. The molecule has 0 aromatic carbocycles. The van der Waals surface area contributed by atoms with Crippen molar-refractivity contribution < 1.29 is 5.11 Å². The molecule has 0 bridgehead atoms. The minimum absolute atomic E-state index is 0.185. The summed E-state index contributed by atoms with van der Waals surface area (Å²) < 4.78 is 0. The number of pyridine rings is 1. The first-order valence-corrected chi connectivity index (χ1v) is 4.24. The van der Waals surface area contributed by atoms with Crippen molar-refractivity contribution >= 4 is 17.7 Å². The van der Waals surface area contributed by atoms with Gasteiger partial charge in [0.1, 0.15) is 5.75 Å². The van der Waals surface area contributed by atoms with Crippen LogP contribution in [0.15, 0.2) is 24.4 Å². The third kappa shape index (κ3) is 2.93. The van der Waals surface area contributed by atoms with Crippen LogP contribution in [-0.2, 0) is 0 Å². The summed E-state index contributed by atoms with van der Waals surface area (Å²) in [4.78, 5) is 3.97. The summed E-state index contributed by atoms with van der Waals surface area (Å²) in [5.41, 5.74) is 0.831. The van der Waals surface area contributed by atoms with E-state index in [1.54, 1.807) is 12.1 Å². The number of halogens is 1. The van der Waals surface area contributed by atoms with Crippen molar-refractivity contribution in [3.8, 4) is 5.75 Å². The topological polar surface area (TPSA) is 33.1 Å². The van der Waals surface area contributed by atoms with E-state index >= 15 is 0 Å². The van der Waals surface area contributed by atoms with Crippen molar-refractivity contribution in [2.24, 2.45) is 0 Å². The second-order valence-corrected chi connectivity index (χ2v) is 2.70. The molecular formula is C9H10ClNO. The fourth-order valence-corrected chi connectivity index (χ4v) is 0.889. The van der Waals surface area contributed by atoms with Crippen molar-refractivity contribution in [2.75, 3.05) is 5.88 Å². The molecule has 64 valence electrons. The average molecular weight is 184 g/mol. The van der Waals surface area contributed by atoms with Crippen molar-refractivity contribution in [3.05, 3.63) is 30.1 Å². The third-order valence-electron chi connectivity index (χ3n) is 1.34. The first-order valence-electron chi connectivity index (χ1n) is 3.70. The number of hydrogen-bond donors (Lipinski definition) is 1. The number of nitrogens with zero attached hydrogens (tertiary/aromatic N) is 1. The largest absolute Gasteiger partial charge is 0.506 e. The molecular weight excluding hydrogens is 174 g/mol. The maximum atomic E-state index is 8.92. The highest BCUT2D eigenvalue weighted by atomic mass is 35.5. The predicted molar refractivity (Wildman–Crippen MR) is 50.3 cm³/mol. The molecule has 0 atom stereocenters. The van der Waals surface area contributed by atoms with Crippen molar-refractivity contribution in [1.82, 2.24) is 4.98 Å². The Balaban J connectivity index is 2.58. The molecule has 0 aliphatic heterocycles. The zero-order valence-electron chi connectivity index (χ0n) is 6.57. The molecule has 0 unspecified atom stereocenters. The summed E-state index contributed by atoms with van der Waals surface area (Å²) in [7, 11) is 0. The fourth-order valence-electron chi connectivity index (χ4n) is 0.763. The van der Waals surface area contributed by atoms with Gasteiger partial charge in [0.25, 0.3) is 0 Å². The van der Waals surface area contributed by atoms with Gasteiger partial charge in [-0.15, -0.1) is 11.6 Å². The molecule has 1 aromatic heterocycles. The van der Waals surface area contributed by atoms with E-state index in [2.05, 4.69) is 4.98 Å². The van der Waals surface area contributed by atoms with Crippen molar-refractivity contribution in [3.63, 3.8) is 0 Å². The number of alkyl halides is 1. The lowest BCUT2D eigenvalue weighted by Crippen LogP contribution is -1.77. The zero-order chi connectivity index (χ0) is 8.81. The Hall–Kier alpha value is -1.02. The Morgan fingerprint density at radius 2 is 2.33 bits per heavy atom. The van der Waals surface area contributed by atoms with Gasteiger partial charge in [-0.3, -0.25) is 4.98 Å². The number of aromatic hydroxyl groups is 1. The van der Waals surface area contributed by atoms with Crippen LogP contribution in [0.1, 0.15) is 12.1 Å². The Morgan fingerprint density at radius 1 is 1.50 bits per heavy atom. The molecule has 1 rings (SSSR count). The molecule has 1 heterocycles. The van der Waals surface area contributed by atoms with E-state index in [4.69, 9.17) is 16.7 Å². The lowest BCUT2D eigenvalue weighted by molar-refractivity contribution is 0.472. The van der Waals surface area contributed by atoms with Gasteiger partial charge in [-0.2, -0.15) is 0 Å². The van der Waals surface area contributed by atoms with Crippen LogP contribution in [0.4, 0.5) is 0 Å². The molecule has 0 aliphatic rings. The summed E-state index contributed by atoms with van der Waals surface area (Å²) in [6.07, 6.45) is 6.08. The maximum absolute atomic E-state index is 8.92. The smallest absolute Gasteiger partial charge is 0.133 e. The van der Waals surface area contributed by atoms with Crippen LogP contribution in [0, 0.1) is 0 Å². The van der Waals surface area contributed by atoms with Gasteiger partial charge in [0.05, 0.1) is 11.9 Å². The average Bonchev–Trinajstić information content (AvgIpc) is 2.09. The summed E-state index contributed by atoms with van der Waals surface area (Å²) in [5, 5.41) is 8.92. The van der Waals surface area contributed by atoms with Gasteiger partial charge < -0.3 is 5.11 Å². The Labute approximate surface area is 76.5 Å². The fraction of sp³-hybridized carbons (Fsp3) is 0.222. The van der Waals surface area contributed by atoms with Gasteiger partial charge >= 0.3 is 0 Å². The first kappa shape index (κ1) is 9.07. The van der Waals surface area contributed by atoms with E-state index in [-0.39, 0.29) is 5.75 Å². The minimum atomic E-state index is 0.185. The quantitative estimate of drug-likeness (QED) is 0.731. The Morgan fingerprint density at radius 3 is 2.92 bits per heavy atom. The minimum Gasteiger partial charge on any atom is -0.506 e. The summed E-state index contributed by atoms with van der Waals surface area (Å²) >= 11 is 5.48. The monoisotopic (exact) mass is 183 g/mol. The normalized spacial score (nSPS) is 10.8. The van der Waals surface area contributed by atoms with Crippen LogP contribution in [0.5, 0.6) is 5.75 Å². The number of allylic oxidation sites excluding steroid dienone is 1. The van der Waals surface area contributed by atoms with Crippen LogP contribution in [0.25, 0.3) is 6.08 Å². The molecule has 3 heteroatoms. The van der Waals surface area contributed by atoms with E-state index in [9.17, 15) is 0 Å². The summed E-state index contributed by atoms with van der Waals surface area (Å²) in [6.45, 7) is 0. The molecule has 0 amide bonds. The highest BCUT2D eigenvalue weighted by Gasteiger charge is 1.88. The van der Waals surface area contributed by atoms with Crippen molar-refractivity contribution in [2.45, 2.75) is 6.42 Å². The van der Waals surface area contributed by atoms with Gasteiger partial charge in [-0.25, -0.2) is 0 Å². The van der Waals surface area contributed by atoms with E-state index in [0.717, 1.165) is 12.1 Å². The lowest BCUT2D eigenvalue weighted by atomic mass is 10.3. The Bertz CT molecular complexity index is 256. The Kier molecular flexibility index (Phi) is 3.61. The standard InChI is InChI=1S/C9H10ClNO/c10-6-2-1-3-8-4-5-9(12)7-11-8/h1,3-5,7,12H,2,6H2. The molecule has 1 aromatic rings. The van der Waals surface area contributed by atoms with Gasteiger partial charge in [-0.1, -0.05) is 6.08 Å². The summed E-state index contributed by atoms with van der Waals surface area (Å²) in [6, 6.07) is 3.35. The summed E-state index contributed by atoms with van der Waals surface area (Å²) in [5.74, 6) is 0.804. The molecule has 0 aliphatic carbocycles. The van der Waals surface area contributed by atoms with Crippen LogP contribution >= 0.6 is 11.6 Å². The van der Waals surface area contributed by atoms with E-state index in [1.807, 2.05) is 12.2 Å². The van der Waals surface area contributed by atoms with E-state index < -0.39 is 0 Å². The van der Waals surface area contributed by atoms with Gasteiger partial charge in [0.2, 0.25) is 0 Å². The molecule has 0 saturated carbocycles. The van der Waals surface area contributed by atoms with Gasteiger partial charge in [0.15, 0.2) is 0 Å². The molecule has 1 N–H and O–H groups in total. The third-order valence-corrected chi connectivity index (χ3v) is 1.55. The van der Waals surface area contributed by atoms with Crippen LogP contribution in [0.2, 0.25) is 0 Å². The molecule has 0 spiro atoms. The van der Waals surface area contributed by atoms with Gasteiger partial charge in [-0.05, 0) is 24.6 Å². The first-order chi connectivity index (χ1) is 5.83. The lowest BCUT2D eigenvalue weighted by Gasteiger charge is -1.92. The number of rotatable bonds is 3. The van der Waals surface area contributed by atoms with E-state index in [1.165, 1.54) is 6.20 Å². The van der Waals surface area contributed by atoms with Crippen LogP contribution in [-0.4, -0.2) is 16.0 Å². The van der Waals surface area contributed by atoms with Crippen LogP contribution < -0.4 is 0 Å². The number of aromatic nitrogens is 1. The molecule has 0 saturated heterocycles. The highest BCUT2D eigenvalue weighted by Crippen LogP contribution is 2.07. The second-order valence-electron chi connectivity index (χ2n) is 2.32. The SMILES string of the molecule is Oc1ccc(C=CCCCl)nc1. The number of hydrogen-bond acceptors (Lipinski definition) is 2. The van der Waals surface area contributed by atoms with Crippen LogP contribution in [0.3, 0.4) is 0 Å².